The molecule has 1 fully saturated rings. The Hall–Kier alpha value is -1.18. The van der Waals surface area contributed by atoms with Crippen LogP contribution in [0.3, 0.4) is 0 Å². The van der Waals surface area contributed by atoms with Crippen molar-refractivity contribution in [2.75, 3.05) is 6.54 Å². The van der Waals surface area contributed by atoms with Crippen LogP contribution in [-0.2, 0) is 14.6 Å². The molecule has 2 heterocycles. The Morgan fingerprint density at radius 3 is 2.71 bits per heavy atom. The SMILES string of the molecule is CC(C)S(=O)(=O)c1cccnc1C1NCCC1C(=O)O.Cl. The second-order valence-electron chi connectivity index (χ2n) is 5.15. The van der Waals surface area contributed by atoms with Crippen molar-refractivity contribution in [3.8, 4) is 0 Å². The molecule has 21 heavy (non-hydrogen) atoms. The van der Waals surface area contributed by atoms with Crippen LogP contribution in [0.5, 0.6) is 0 Å². The van der Waals surface area contributed by atoms with E-state index < -0.39 is 33.0 Å². The minimum absolute atomic E-state index is 0. The average Bonchev–Trinajstić information content (AvgIpc) is 2.87. The van der Waals surface area contributed by atoms with Crippen molar-refractivity contribution >= 4 is 28.2 Å². The van der Waals surface area contributed by atoms with Crippen LogP contribution >= 0.6 is 12.4 Å². The van der Waals surface area contributed by atoms with Crippen LogP contribution < -0.4 is 5.32 Å². The first-order valence-corrected chi connectivity index (χ1v) is 8.05. The van der Waals surface area contributed by atoms with Crippen molar-refractivity contribution in [1.82, 2.24) is 10.3 Å². The molecule has 0 amide bonds. The van der Waals surface area contributed by atoms with Gasteiger partial charge in [0.05, 0.1) is 27.8 Å². The van der Waals surface area contributed by atoms with Gasteiger partial charge in [-0.1, -0.05) is 0 Å². The van der Waals surface area contributed by atoms with Crippen molar-refractivity contribution in [3.05, 3.63) is 24.0 Å². The van der Waals surface area contributed by atoms with Crippen molar-refractivity contribution in [1.29, 1.82) is 0 Å². The summed E-state index contributed by atoms with van der Waals surface area (Å²) in [5, 5.41) is 11.7. The van der Waals surface area contributed by atoms with E-state index in [1.54, 1.807) is 19.9 Å². The van der Waals surface area contributed by atoms with Crippen LogP contribution in [0.15, 0.2) is 23.2 Å². The highest BCUT2D eigenvalue weighted by atomic mass is 35.5. The van der Waals surface area contributed by atoms with Gasteiger partial charge in [-0.25, -0.2) is 8.42 Å². The molecule has 1 aliphatic heterocycles. The Kier molecular flexibility index (Phi) is 5.72. The van der Waals surface area contributed by atoms with Crippen LogP contribution in [0, 0.1) is 5.92 Å². The fourth-order valence-corrected chi connectivity index (χ4v) is 3.63. The van der Waals surface area contributed by atoms with Crippen LogP contribution in [0.1, 0.15) is 32.0 Å². The predicted molar refractivity (Wildman–Crippen MR) is 80.3 cm³/mol. The van der Waals surface area contributed by atoms with Gasteiger partial charge in [0.15, 0.2) is 9.84 Å². The summed E-state index contributed by atoms with van der Waals surface area (Å²) >= 11 is 0. The van der Waals surface area contributed by atoms with Crippen LogP contribution in [0.2, 0.25) is 0 Å². The smallest absolute Gasteiger partial charge is 0.308 e. The summed E-state index contributed by atoms with van der Waals surface area (Å²) in [5.74, 6) is -1.58. The van der Waals surface area contributed by atoms with Crippen molar-refractivity contribution in [2.45, 2.75) is 36.5 Å². The minimum atomic E-state index is -3.49. The highest BCUT2D eigenvalue weighted by Crippen LogP contribution is 2.33. The molecule has 1 aromatic rings. The number of aliphatic carboxylic acids is 1. The van der Waals surface area contributed by atoms with Crippen LogP contribution in [0.25, 0.3) is 0 Å². The van der Waals surface area contributed by atoms with Gasteiger partial charge < -0.3 is 10.4 Å². The van der Waals surface area contributed by atoms with E-state index in [9.17, 15) is 18.3 Å². The zero-order valence-electron chi connectivity index (χ0n) is 11.8. The Morgan fingerprint density at radius 2 is 2.14 bits per heavy atom. The van der Waals surface area contributed by atoms with Crippen LogP contribution in [-0.4, -0.2) is 36.3 Å². The summed E-state index contributed by atoms with van der Waals surface area (Å²) in [6.45, 7) is 3.74. The van der Waals surface area contributed by atoms with E-state index in [0.29, 0.717) is 18.7 Å². The Morgan fingerprint density at radius 1 is 1.48 bits per heavy atom. The van der Waals surface area contributed by atoms with Gasteiger partial charge in [0, 0.05) is 6.20 Å². The first kappa shape index (κ1) is 17.9. The summed E-state index contributed by atoms with van der Waals surface area (Å²) in [7, 11) is -3.49. The quantitative estimate of drug-likeness (QED) is 0.864. The molecule has 0 saturated carbocycles. The molecule has 0 aliphatic carbocycles. The minimum Gasteiger partial charge on any atom is -0.481 e. The summed E-state index contributed by atoms with van der Waals surface area (Å²) < 4.78 is 24.7. The van der Waals surface area contributed by atoms with E-state index in [-0.39, 0.29) is 17.3 Å². The highest BCUT2D eigenvalue weighted by Gasteiger charge is 2.38. The lowest BCUT2D eigenvalue weighted by molar-refractivity contribution is -0.142. The molecule has 2 rings (SSSR count). The summed E-state index contributed by atoms with van der Waals surface area (Å²) in [5.41, 5.74) is 0.311. The third-order valence-electron chi connectivity index (χ3n) is 3.56. The third-order valence-corrected chi connectivity index (χ3v) is 5.76. The molecule has 1 saturated heterocycles. The number of nitrogens with zero attached hydrogens (tertiary/aromatic N) is 1. The van der Waals surface area contributed by atoms with Gasteiger partial charge in [0.1, 0.15) is 0 Å². The number of sulfone groups is 1. The largest absolute Gasteiger partial charge is 0.481 e. The molecule has 0 radical (unpaired) electrons. The summed E-state index contributed by atoms with van der Waals surface area (Å²) in [6, 6.07) is 2.50. The molecule has 118 valence electrons. The number of hydrogen-bond donors (Lipinski definition) is 2. The highest BCUT2D eigenvalue weighted by molar-refractivity contribution is 7.92. The van der Waals surface area contributed by atoms with Gasteiger partial charge in [-0.05, 0) is 38.9 Å². The molecule has 1 aliphatic rings. The number of pyridine rings is 1. The van der Waals surface area contributed by atoms with Gasteiger partial charge in [-0.15, -0.1) is 12.4 Å². The van der Waals surface area contributed by atoms with E-state index in [1.807, 2.05) is 0 Å². The lowest BCUT2D eigenvalue weighted by Gasteiger charge is -2.19. The molecule has 1 aromatic heterocycles. The normalized spacial score (nSPS) is 22.0. The number of rotatable bonds is 4. The molecular weight excluding hydrogens is 316 g/mol. The van der Waals surface area contributed by atoms with Gasteiger partial charge in [0.2, 0.25) is 0 Å². The number of nitrogens with one attached hydrogen (secondary N) is 1. The Bertz CT molecular complexity index is 618. The standard InChI is InChI=1S/C13H18N2O4S.ClH/c1-8(2)20(18,19)10-4-3-6-14-12(10)11-9(13(16)17)5-7-15-11;/h3-4,6,8-9,11,15H,5,7H2,1-2H3,(H,16,17);1H. The summed E-state index contributed by atoms with van der Waals surface area (Å²) in [4.78, 5) is 15.5. The summed E-state index contributed by atoms with van der Waals surface area (Å²) in [6.07, 6.45) is 1.96. The molecule has 2 unspecified atom stereocenters. The van der Waals surface area contributed by atoms with E-state index in [0.717, 1.165) is 0 Å². The van der Waals surface area contributed by atoms with E-state index in [4.69, 9.17) is 0 Å². The van der Waals surface area contributed by atoms with Crippen molar-refractivity contribution in [3.63, 3.8) is 0 Å². The van der Waals surface area contributed by atoms with Crippen LogP contribution in [0.4, 0.5) is 0 Å². The second kappa shape index (κ2) is 6.72. The molecule has 6 nitrogen and oxygen atoms in total. The van der Waals surface area contributed by atoms with Gasteiger partial charge in [-0.3, -0.25) is 9.78 Å². The first-order valence-electron chi connectivity index (χ1n) is 6.50. The fraction of sp³-hybridized carbons (Fsp3) is 0.538. The maximum atomic E-state index is 12.4. The Balaban J connectivity index is 0.00000220. The van der Waals surface area contributed by atoms with E-state index in [1.165, 1.54) is 12.3 Å². The lowest BCUT2D eigenvalue weighted by atomic mass is 9.98. The molecule has 0 aromatic carbocycles. The fourth-order valence-electron chi connectivity index (χ4n) is 2.39. The maximum absolute atomic E-state index is 12.4. The molecule has 8 heteroatoms. The number of hydrogen-bond acceptors (Lipinski definition) is 5. The zero-order valence-corrected chi connectivity index (χ0v) is 13.4. The first-order chi connectivity index (χ1) is 9.35. The number of aromatic nitrogens is 1. The molecule has 0 bridgehead atoms. The monoisotopic (exact) mass is 334 g/mol. The van der Waals surface area contributed by atoms with Gasteiger partial charge in [0.25, 0.3) is 0 Å². The average molecular weight is 335 g/mol. The number of carboxylic acid groups (broad SMARTS) is 1. The topological polar surface area (TPSA) is 96.4 Å². The predicted octanol–water partition coefficient (Wildman–Crippen LogP) is 1.42. The van der Waals surface area contributed by atoms with Gasteiger partial charge in [-0.2, -0.15) is 0 Å². The number of halogens is 1. The molecule has 0 spiro atoms. The third kappa shape index (κ3) is 3.36. The number of carboxylic acids is 1. The molecule has 2 atom stereocenters. The second-order valence-corrected chi connectivity index (χ2v) is 7.62. The van der Waals surface area contributed by atoms with Crippen molar-refractivity contribution in [2.24, 2.45) is 5.92 Å². The van der Waals surface area contributed by atoms with Gasteiger partial charge >= 0.3 is 5.97 Å². The van der Waals surface area contributed by atoms with E-state index in [2.05, 4.69) is 10.3 Å². The Labute approximate surface area is 130 Å². The maximum Gasteiger partial charge on any atom is 0.308 e. The molecular formula is C13H19ClN2O4S. The number of carbonyl (C=O) groups is 1. The van der Waals surface area contributed by atoms with Crippen molar-refractivity contribution < 1.29 is 18.3 Å². The molecule has 2 N–H and O–H groups in total. The van der Waals surface area contributed by atoms with E-state index >= 15 is 0 Å². The lowest BCUT2D eigenvalue weighted by Crippen LogP contribution is -2.27. The zero-order chi connectivity index (χ0) is 14.9.